The highest BCUT2D eigenvalue weighted by molar-refractivity contribution is 7.64. The molecule has 0 spiro atoms. The van der Waals surface area contributed by atoms with Crippen molar-refractivity contribution in [2.24, 2.45) is 0 Å². The second kappa shape index (κ2) is 3.88. The van der Waals surface area contributed by atoms with Crippen LogP contribution in [0.2, 0.25) is 0 Å². The van der Waals surface area contributed by atoms with Crippen molar-refractivity contribution in [1.29, 1.82) is 0 Å². The summed E-state index contributed by atoms with van der Waals surface area (Å²) in [5.74, 6) is 0. The van der Waals surface area contributed by atoms with Gasteiger partial charge in [0.05, 0.1) is 0 Å². The third-order valence-electron chi connectivity index (χ3n) is 1.92. The summed E-state index contributed by atoms with van der Waals surface area (Å²) in [6.45, 7) is 6.75. The van der Waals surface area contributed by atoms with Crippen LogP contribution in [0, 0.1) is 6.92 Å². The van der Waals surface area contributed by atoms with E-state index in [0.29, 0.717) is 0 Å². The highest BCUT2D eigenvalue weighted by atomic mass is 31.1. The SMILES string of the molecule is CCP(C)c1cccc(C)c1. The molecule has 0 N–H and O–H groups in total. The lowest BCUT2D eigenvalue weighted by Gasteiger charge is -2.09. The van der Waals surface area contributed by atoms with Gasteiger partial charge in [-0.1, -0.05) is 44.7 Å². The van der Waals surface area contributed by atoms with Crippen LogP contribution in [0.3, 0.4) is 0 Å². The molecule has 0 aromatic heterocycles. The Morgan fingerprint density at radius 3 is 2.64 bits per heavy atom. The zero-order valence-electron chi connectivity index (χ0n) is 7.46. The predicted molar refractivity (Wildman–Crippen MR) is 54.2 cm³/mol. The third kappa shape index (κ3) is 2.31. The molecule has 0 bridgehead atoms. The average molecular weight is 166 g/mol. The molecule has 0 fully saturated rings. The Morgan fingerprint density at radius 2 is 2.09 bits per heavy atom. The van der Waals surface area contributed by atoms with Crippen molar-refractivity contribution in [2.45, 2.75) is 13.8 Å². The third-order valence-corrected chi connectivity index (χ3v) is 4.03. The molecule has 60 valence electrons. The molecule has 0 aliphatic heterocycles. The Hall–Kier alpha value is -0.350. The second-order valence-corrected chi connectivity index (χ2v) is 5.40. The molecule has 0 radical (unpaired) electrons. The van der Waals surface area contributed by atoms with Crippen LogP contribution in [0.15, 0.2) is 24.3 Å². The van der Waals surface area contributed by atoms with Gasteiger partial charge in [0.1, 0.15) is 0 Å². The summed E-state index contributed by atoms with van der Waals surface area (Å²) in [6.07, 6.45) is 1.29. The first kappa shape index (κ1) is 8.74. The van der Waals surface area contributed by atoms with Crippen LogP contribution in [0.25, 0.3) is 0 Å². The van der Waals surface area contributed by atoms with Crippen LogP contribution in [0.5, 0.6) is 0 Å². The van der Waals surface area contributed by atoms with E-state index in [1.54, 1.807) is 0 Å². The van der Waals surface area contributed by atoms with Gasteiger partial charge in [-0.15, -0.1) is 0 Å². The van der Waals surface area contributed by atoms with Gasteiger partial charge in [0, 0.05) is 0 Å². The Balaban J connectivity index is 2.86. The van der Waals surface area contributed by atoms with Crippen LogP contribution in [0.4, 0.5) is 0 Å². The molecule has 0 aliphatic carbocycles. The number of aryl methyl sites for hydroxylation is 1. The first-order valence-corrected chi connectivity index (χ1v) is 5.99. The first-order valence-electron chi connectivity index (χ1n) is 4.02. The minimum atomic E-state index is 0.110. The van der Waals surface area contributed by atoms with Crippen molar-refractivity contribution in [3.05, 3.63) is 29.8 Å². The summed E-state index contributed by atoms with van der Waals surface area (Å²) in [5, 5.41) is 1.53. The van der Waals surface area contributed by atoms with Crippen molar-refractivity contribution in [2.75, 3.05) is 12.8 Å². The van der Waals surface area contributed by atoms with E-state index in [9.17, 15) is 0 Å². The topological polar surface area (TPSA) is 0 Å². The molecule has 0 amide bonds. The lowest BCUT2D eigenvalue weighted by Crippen LogP contribution is -2.00. The van der Waals surface area contributed by atoms with Gasteiger partial charge in [0.2, 0.25) is 0 Å². The lowest BCUT2D eigenvalue weighted by molar-refractivity contribution is 1.47. The summed E-state index contributed by atoms with van der Waals surface area (Å²) in [5.41, 5.74) is 1.38. The number of rotatable bonds is 2. The van der Waals surface area contributed by atoms with Gasteiger partial charge in [0.15, 0.2) is 0 Å². The standard InChI is InChI=1S/C10H15P/c1-4-11(3)10-7-5-6-9(2)8-10/h5-8H,4H2,1-3H3. The van der Waals surface area contributed by atoms with Crippen molar-refractivity contribution in [3.63, 3.8) is 0 Å². The fraction of sp³-hybridized carbons (Fsp3) is 0.400. The van der Waals surface area contributed by atoms with Crippen molar-refractivity contribution in [3.8, 4) is 0 Å². The second-order valence-electron chi connectivity index (χ2n) is 2.85. The van der Waals surface area contributed by atoms with Crippen LogP contribution >= 0.6 is 7.92 Å². The quantitative estimate of drug-likeness (QED) is 0.592. The van der Waals surface area contributed by atoms with E-state index >= 15 is 0 Å². The molecule has 1 heteroatoms. The summed E-state index contributed by atoms with van der Waals surface area (Å²) in [7, 11) is 0.110. The van der Waals surface area contributed by atoms with E-state index in [1.165, 1.54) is 17.0 Å². The maximum absolute atomic E-state index is 2.34. The molecular formula is C10H15P. The largest absolute Gasteiger partial charge is 0.0788 e. The molecule has 0 saturated carbocycles. The zero-order valence-corrected chi connectivity index (χ0v) is 8.36. The molecule has 0 aliphatic rings. The van der Waals surface area contributed by atoms with Crippen LogP contribution in [-0.4, -0.2) is 12.8 Å². The highest BCUT2D eigenvalue weighted by Crippen LogP contribution is 2.28. The predicted octanol–water partition coefficient (Wildman–Crippen LogP) is 2.75. The van der Waals surface area contributed by atoms with Crippen LogP contribution in [0.1, 0.15) is 12.5 Å². The van der Waals surface area contributed by atoms with Gasteiger partial charge >= 0.3 is 0 Å². The van der Waals surface area contributed by atoms with Gasteiger partial charge in [-0.3, -0.25) is 0 Å². The minimum Gasteiger partial charge on any atom is -0.0788 e. The molecule has 1 aromatic carbocycles. The smallest absolute Gasteiger partial charge is 0.0241 e. The van der Waals surface area contributed by atoms with E-state index in [0.717, 1.165) is 0 Å². The van der Waals surface area contributed by atoms with E-state index < -0.39 is 0 Å². The Bertz CT molecular complexity index is 230. The lowest BCUT2D eigenvalue weighted by atomic mass is 10.2. The van der Waals surface area contributed by atoms with Gasteiger partial charge in [-0.25, -0.2) is 0 Å². The maximum Gasteiger partial charge on any atom is -0.0241 e. The fourth-order valence-corrected chi connectivity index (χ4v) is 2.18. The number of hydrogen-bond donors (Lipinski definition) is 0. The number of hydrogen-bond acceptors (Lipinski definition) is 0. The molecule has 1 aromatic rings. The van der Waals surface area contributed by atoms with Gasteiger partial charge in [0.25, 0.3) is 0 Å². The van der Waals surface area contributed by atoms with Crippen LogP contribution < -0.4 is 5.30 Å². The molecule has 1 rings (SSSR count). The summed E-state index contributed by atoms with van der Waals surface area (Å²) in [6, 6.07) is 8.85. The van der Waals surface area contributed by atoms with Gasteiger partial charge in [-0.05, 0) is 25.1 Å². The monoisotopic (exact) mass is 166 g/mol. The van der Waals surface area contributed by atoms with E-state index in [-0.39, 0.29) is 7.92 Å². The van der Waals surface area contributed by atoms with E-state index in [2.05, 4.69) is 44.8 Å². The number of benzene rings is 1. The van der Waals surface area contributed by atoms with Crippen LogP contribution in [-0.2, 0) is 0 Å². The molecule has 0 nitrogen and oxygen atoms in total. The molecule has 11 heavy (non-hydrogen) atoms. The Kier molecular flexibility index (Phi) is 3.08. The minimum absolute atomic E-state index is 0.110. The molecule has 0 heterocycles. The fourth-order valence-electron chi connectivity index (χ4n) is 1.05. The Morgan fingerprint density at radius 1 is 1.36 bits per heavy atom. The zero-order chi connectivity index (χ0) is 8.27. The van der Waals surface area contributed by atoms with Crippen molar-refractivity contribution >= 4 is 13.2 Å². The summed E-state index contributed by atoms with van der Waals surface area (Å²) in [4.78, 5) is 0. The normalized spacial score (nSPS) is 13.0. The highest BCUT2D eigenvalue weighted by Gasteiger charge is 1.99. The van der Waals surface area contributed by atoms with E-state index in [1.807, 2.05) is 0 Å². The first-order chi connectivity index (χ1) is 5.24. The van der Waals surface area contributed by atoms with Crippen molar-refractivity contribution in [1.82, 2.24) is 0 Å². The summed E-state index contributed by atoms with van der Waals surface area (Å²) < 4.78 is 0. The van der Waals surface area contributed by atoms with Crippen molar-refractivity contribution < 1.29 is 0 Å². The van der Waals surface area contributed by atoms with E-state index in [4.69, 9.17) is 0 Å². The Labute approximate surface area is 70.4 Å². The molecular weight excluding hydrogens is 151 g/mol. The van der Waals surface area contributed by atoms with Gasteiger partial charge < -0.3 is 0 Å². The summed E-state index contributed by atoms with van der Waals surface area (Å²) >= 11 is 0. The van der Waals surface area contributed by atoms with Gasteiger partial charge in [-0.2, -0.15) is 0 Å². The average Bonchev–Trinajstić information content (AvgIpc) is 2.03. The maximum atomic E-state index is 2.34. The molecule has 1 atom stereocenters. The molecule has 0 saturated heterocycles. The molecule has 1 unspecified atom stereocenters.